The van der Waals surface area contributed by atoms with E-state index in [2.05, 4.69) is 125 Å². The van der Waals surface area contributed by atoms with Gasteiger partial charge in [-0.2, -0.15) is 4.57 Å². The van der Waals surface area contributed by atoms with Crippen LogP contribution >= 0.6 is 0 Å². The van der Waals surface area contributed by atoms with Crippen LogP contribution in [0, 0.1) is 0 Å². The molecule has 1 saturated heterocycles. The lowest BCUT2D eigenvalue weighted by Crippen LogP contribution is -3.00. The fourth-order valence-corrected chi connectivity index (χ4v) is 5.60. The summed E-state index contributed by atoms with van der Waals surface area (Å²) in [5, 5.41) is 3.98. The molecule has 3 heterocycles. The Kier molecular flexibility index (Phi) is 7.04. The Morgan fingerprint density at radius 2 is 1.47 bits per heavy atom. The molecule has 0 N–H and O–H groups in total. The Morgan fingerprint density at radius 3 is 2.25 bits per heavy atom. The third-order valence-electron chi connectivity index (χ3n) is 7.62. The van der Waals surface area contributed by atoms with Crippen LogP contribution in [0.3, 0.4) is 0 Å². The minimum Gasteiger partial charge on any atom is -1.00 e. The van der Waals surface area contributed by atoms with Crippen LogP contribution in [0.5, 0.6) is 0 Å². The quantitative estimate of drug-likeness (QED) is 0.237. The molecule has 0 aliphatic carbocycles. The van der Waals surface area contributed by atoms with Crippen molar-refractivity contribution in [2.75, 3.05) is 38.1 Å². The van der Waals surface area contributed by atoms with Gasteiger partial charge in [-0.05, 0) is 49.9 Å². The lowest BCUT2D eigenvalue weighted by molar-refractivity contribution is -0.646. The average molecular weight is 589 g/mol. The zero-order chi connectivity index (χ0) is 23.9. The number of hydrogen-bond donors (Lipinski definition) is 0. The number of benzene rings is 3. The summed E-state index contributed by atoms with van der Waals surface area (Å²) in [4.78, 5) is 4.96. The number of fused-ring (bicyclic) bond motifs is 4. The van der Waals surface area contributed by atoms with Gasteiger partial charge in [-0.25, -0.2) is 0 Å². The Bertz CT molecular complexity index is 1570. The zero-order valence-corrected chi connectivity index (χ0v) is 23.4. The van der Waals surface area contributed by atoms with Gasteiger partial charge in [0, 0.05) is 72.7 Å². The minimum atomic E-state index is 0. The molecule has 0 atom stereocenters. The predicted molar refractivity (Wildman–Crippen MR) is 149 cm³/mol. The third-order valence-corrected chi connectivity index (χ3v) is 7.62. The number of aromatic nitrogens is 2. The van der Waals surface area contributed by atoms with E-state index in [1.165, 1.54) is 49.7 Å². The average Bonchev–Trinajstić information content (AvgIpc) is 3.22. The van der Waals surface area contributed by atoms with Gasteiger partial charge in [0.05, 0.1) is 11.1 Å². The summed E-state index contributed by atoms with van der Waals surface area (Å²) < 4.78 is 4.72. The summed E-state index contributed by atoms with van der Waals surface area (Å²) in [5.41, 5.74) is 7.67. The molecule has 0 bridgehead atoms. The van der Waals surface area contributed by atoms with E-state index in [-0.39, 0.29) is 24.0 Å². The monoisotopic (exact) mass is 588 g/mol. The van der Waals surface area contributed by atoms with E-state index in [9.17, 15) is 0 Å². The van der Waals surface area contributed by atoms with E-state index in [0.29, 0.717) is 0 Å². The summed E-state index contributed by atoms with van der Waals surface area (Å²) in [6, 6.07) is 26.7. The van der Waals surface area contributed by atoms with Gasteiger partial charge < -0.3 is 38.3 Å². The van der Waals surface area contributed by atoms with Gasteiger partial charge in [0.2, 0.25) is 11.2 Å². The normalized spacial score (nSPS) is 14.8. The Labute approximate surface area is 230 Å². The maximum absolute atomic E-state index is 2.55. The molecule has 1 fully saturated rings. The number of piperazine rings is 1. The Hall–Kier alpha value is -2.90. The highest BCUT2D eigenvalue weighted by Gasteiger charge is 2.21. The van der Waals surface area contributed by atoms with Gasteiger partial charge in [-0.3, -0.25) is 0 Å². The van der Waals surface area contributed by atoms with Crippen molar-refractivity contribution in [2.45, 2.75) is 13.5 Å². The first-order valence-electron chi connectivity index (χ1n) is 12.7. The Morgan fingerprint density at radius 1 is 0.778 bits per heavy atom. The number of aryl methyl sites for hydroxylation is 2. The van der Waals surface area contributed by atoms with E-state index in [0.717, 1.165) is 32.7 Å². The maximum atomic E-state index is 2.55. The van der Waals surface area contributed by atoms with E-state index in [1.807, 2.05) is 0 Å². The van der Waals surface area contributed by atoms with Gasteiger partial charge in [-0.15, -0.1) is 0 Å². The van der Waals surface area contributed by atoms with Crippen LogP contribution in [0.15, 0.2) is 72.8 Å². The Balaban J connectivity index is 0.00000267. The van der Waals surface area contributed by atoms with E-state index < -0.39 is 0 Å². The van der Waals surface area contributed by atoms with Crippen LogP contribution in [-0.2, 0) is 13.6 Å². The largest absolute Gasteiger partial charge is 1.00 e. The number of likely N-dealkylation sites (N-methyl/N-ethyl adjacent to an activating group) is 1. The van der Waals surface area contributed by atoms with Crippen molar-refractivity contribution in [1.29, 1.82) is 0 Å². The van der Waals surface area contributed by atoms with Crippen molar-refractivity contribution in [1.82, 2.24) is 9.47 Å². The van der Waals surface area contributed by atoms with E-state index in [1.54, 1.807) is 0 Å². The predicted octanol–water partition coefficient (Wildman–Crippen LogP) is 2.72. The first-order chi connectivity index (χ1) is 17.1. The molecule has 184 valence electrons. The molecule has 0 spiro atoms. The summed E-state index contributed by atoms with van der Waals surface area (Å²) in [7, 11) is 4.39. The van der Waals surface area contributed by atoms with Crippen LogP contribution in [-0.4, -0.2) is 42.7 Å². The van der Waals surface area contributed by atoms with Crippen molar-refractivity contribution in [3.8, 4) is 0 Å². The lowest BCUT2D eigenvalue weighted by Gasteiger charge is -2.34. The van der Waals surface area contributed by atoms with Crippen molar-refractivity contribution in [2.24, 2.45) is 7.05 Å². The van der Waals surface area contributed by atoms with Crippen molar-refractivity contribution >= 4 is 50.5 Å². The molecule has 5 aromatic rings. The van der Waals surface area contributed by atoms with Gasteiger partial charge in [0.25, 0.3) is 0 Å². The fraction of sp³-hybridized carbons (Fsp3) is 0.258. The number of rotatable bonds is 4. The van der Waals surface area contributed by atoms with Crippen LogP contribution in [0.2, 0.25) is 0 Å². The molecule has 0 saturated carbocycles. The number of hydrogen-bond acceptors (Lipinski definition) is 2. The molecule has 0 radical (unpaired) electrons. The van der Waals surface area contributed by atoms with Gasteiger partial charge >= 0.3 is 0 Å². The molecule has 6 rings (SSSR count). The molecule has 0 amide bonds. The van der Waals surface area contributed by atoms with Gasteiger partial charge in [-0.1, -0.05) is 36.4 Å². The van der Waals surface area contributed by atoms with Gasteiger partial charge in [0.1, 0.15) is 7.05 Å². The number of halogens is 1. The van der Waals surface area contributed by atoms with Crippen molar-refractivity contribution in [3.05, 3.63) is 84.1 Å². The molecule has 4 nitrogen and oxygen atoms in total. The number of nitrogens with zero attached hydrogens (tertiary/aromatic N) is 4. The molecule has 3 aromatic carbocycles. The highest BCUT2D eigenvalue weighted by molar-refractivity contribution is 6.08. The van der Waals surface area contributed by atoms with Crippen LogP contribution in [0.4, 0.5) is 5.69 Å². The second-order valence-corrected chi connectivity index (χ2v) is 9.69. The lowest BCUT2D eigenvalue weighted by atomic mass is 10.1. The number of anilines is 1. The smallest absolute Gasteiger partial charge is 0.214 e. The van der Waals surface area contributed by atoms with Crippen LogP contribution < -0.4 is 33.4 Å². The standard InChI is InChI=1S/C31H33N4.HI/c1-4-35-29-12-8-5-9-25(29)27-21-23(14-16-30(27)35)13-15-24-22-31(34-19-17-32(2)18-20-34)26-10-6-7-11-28(26)33(24)3;/h5-16,21-22H,4,17-20H2,1-3H3;1H/q+1;/p-1. The zero-order valence-electron chi connectivity index (χ0n) is 21.3. The highest BCUT2D eigenvalue weighted by atomic mass is 127. The van der Waals surface area contributed by atoms with Crippen molar-refractivity contribution < 1.29 is 28.5 Å². The molecule has 0 unspecified atom stereocenters. The van der Waals surface area contributed by atoms with E-state index in [4.69, 9.17) is 0 Å². The second-order valence-electron chi connectivity index (χ2n) is 9.69. The number of para-hydroxylation sites is 2. The molecule has 1 aliphatic heterocycles. The summed E-state index contributed by atoms with van der Waals surface area (Å²) in [6.07, 6.45) is 4.53. The topological polar surface area (TPSA) is 15.3 Å². The highest BCUT2D eigenvalue weighted by Crippen LogP contribution is 2.31. The fourth-order valence-electron chi connectivity index (χ4n) is 5.60. The maximum Gasteiger partial charge on any atom is 0.214 e. The third kappa shape index (κ3) is 4.28. The summed E-state index contributed by atoms with van der Waals surface area (Å²) in [6.45, 7) is 7.53. The molecule has 36 heavy (non-hydrogen) atoms. The molecule has 5 heteroatoms. The minimum absolute atomic E-state index is 0. The SMILES string of the molecule is CCn1c2ccccc2c2cc(/C=C/c3cc(N4CCN(C)CC4)c4ccccc4[n+]3C)ccc21.[I-]. The van der Waals surface area contributed by atoms with Crippen molar-refractivity contribution in [3.63, 3.8) is 0 Å². The van der Waals surface area contributed by atoms with E-state index >= 15 is 0 Å². The molecular weight excluding hydrogens is 555 g/mol. The summed E-state index contributed by atoms with van der Waals surface area (Å²) in [5.74, 6) is 0. The molecular formula is C31H33IN4. The van der Waals surface area contributed by atoms with Crippen LogP contribution in [0.1, 0.15) is 18.2 Å². The second kappa shape index (κ2) is 10.2. The first kappa shape index (κ1) is 24.8. The number of pyridine rings is 1. The first-order valence-corrected chi connectivity index (χ1v) is 12.7. The van der Waals surface area contributed by atoms with Crippen LogP contribution in [0.25, 0.3) is 44.9 Å². The molecule has 1 aliphatic rings. The summed E-state index contributed by atoms with van der Waals surface area (Å²) >= 11 is 0. The molecule has 2 aromatic heterocycles. The van der Waals surface area contributed by atoms with Gasteiger partial charge in [0.15, 0.2) is 0 Å².